The fourth-order valence-corrected chi connectivity index (χ4v) is 1.94. The van der Waals surface area contributed by atoms with Gasteiger partial charge in [0.05, 0.1) is 6.10 Å². The normalized spacial score (nSPS) is 15.8. The lowest BCUT2D eigenvalue weighted by Gasteiger charge is -2.09. The molecule has 0 bridgehead atoms. The minimum atomic E-state index is -0.438. The average molecular weight is 299 g/mol. The van der Waals surface area contributed by atoms with Crippen LogP contribution < -0.4 is 9.47 Å². The van der Waals surface area contributed by atoms with Crippen molar-refractivity contribution < 1.29 is 14.6 Å². The van der Waals surface area contributed by atoms with Crippen LogP contribution in [0.3, 0.4) is 0 Å². The first-order valence-corrected chi connectivity index (χ1v) is 6.32. The molecular weight excluding hydrogens is 284 g/mol. The summed E-state index contributed by atoms with van der Waals surface area (Å²) >= 11 is 3.47. The molecule has 0 amide bonds. The Balaban J connectivity index is 2.22. The van der Waals surface area contributed by atoms with E-state index in [0.29, 0.717) is 0 Å². The van der Waals surface area contributed by atoms with Crippen LogP contribution in [0, 0.1) is 5.92 Å². The number of aliphatic hydroxyl groups is 1. The maximum Gasteiger partial charge on any atom is 0.231 e. The molecule has 3 nitrogen and oxygen atoms in total. The lowest BCUT2D eigenvalue weighted by molar-refractivity contribution is 0.173. The minimum absolute atomic E-state index is 0.207. The van der Waals surface area contributed by atoms with Crippen molar-refractivity contribution in [2.75, 3.05) is 6.79 Å². The van der Waals surface area contributed by atoms with Crippen molar-refractivity contribution in [3.05, 3.63) is 28.2 Å². The molecule has 0 aliphatic carbocycles. The summed E-state index contributed by atoms with van der Waals surface area (Å²) in [6, 6.07) is 3.78. The number of hydrogen-bond donors (Lipinski definition) is 1. The van der Waals surface area contributed by atoms with Gasteiger partial charge in [-0.15, -0.1) is 0 Å². The number of aliphatic hydroxyl groups excluding tert-OH is 1. The zero-order chi connectivity index (χ0) is 12.4. The molecule has 0 fully saturated rings. The summed E-state index contributed by atoms with van der Waals surface area (Å²) < 4.78 is 11.5. The van der Waals surface area contributed by atoms with Crippen molar-refractivity contribution in [3.63, 3.8) is 0 Å². The quantitative estimate of drug-likeness (QED) is 0.931. The van der Waals surface area contributed by atoms with Crippen molar-refractivity contribution in [2.24, 2.45) is 5.92 Å². The van der Waals surface area contributed by atoms with Gasteiger partial charge in [-0.2, -0.15) is 0 Å². The highest BCUT2D eigenvalue weighted by Gasteiger charge is 2.15. The Morgan fingerprint density at radius 1 is 1.29 bits per heavy atom. The molecule has 2 rings (SSSR count). The molecule has 92 valence electrons. The van der Waals surface area contributed by atoms with Crippen molar-refractivity contribution in [3.8, 4) is 11.5 Å². The minimum Gasteiger partial charge on any atom is -0.454 e. The maximum atomic E-state index is 9.71. The van der Waals surface area contributed by atoms with Gasteiger partial charge in [0, 0.05) is 4.47 Å². The molecule has 1 aromatic carbocycles. The van der Waals surface area contributed by atoms with E-state index in [4.69, 9.17) is 9.47 Å². The molecule has 4 heteroatoms. The Hall–Kier alpha value is -1.00. The molecule has 1 unspecified atom stereocenters. The second-order valence-electron chi connectivity index (χ2n) is 4.32. The third-order valence-corrected chi connectivity index (χ3v) is 3.33. The Labute approximate surface area is 109 Å². The molecule has 1 atom stereocenters. The molecule has 1 aliphatic heterocycles. The Kier molecular flexibility index (Phi) is 3.74. The second kappa shape index (κ2) is 5.10. The first-order valence-electron chi connectivity index (χ1n) is 5.53. The molecule has 17 heavy (non-hydrogen) atoms. The molecule has 0 spiro atoms. The predicted octanol–water partition coefficient (Wildman–Crippen LogP) is 3.21. The first-order chi connectivity index (χ1) is 8.08. The van der Waals surface area contributed by atoms with E-state index in [9.17, 15) is 5.11 Å². The highest BCUT2D eigenvalue weighted by molar-refractivity contribution is 9.10. The highest BCUT2D eigenvalue weighted by atomic mass is 79.9. The van der Waals surface area contributed by atoms with Gasteiger partial charge >= 0.3 is 0 Å². The number of benzene rings is 1. The van der Waals surface area contributed by atoms with E-state index in [1.165, 1.54) is 0 Å². The molecule has 0 aromatic heterocycles. The van der Waals surface area contributed by atoms with Gasteiger partial charge in [-0.25, -0.2) is 0 Å². The molecule has 0 radical (unpaired) electrons. The fraction of sp³-hybridized carbons (Fsp3) is 0.385. The van der Waals surface area contributed by atoms with Crippen LogP contribution in [0.4, 0.5) is 0 Å². The van der Waals surface area contributed by atoms with E-state index in [-0.39, 0.29) is 12.7 Å². The van der Waals surface area contributed by atoms with Crippen LogP contribution in [-0.4, -0.2) is 18.0 Å². The summed E-state index contributed by atoms with van der Waals surface area (Å²) in [5.41, 5.74) is 0.967. The number of ether oxygens (including phenoxy) is 2. The largest absolute Gasteiger partial charge is 0.454 e. The lowest BCUT2D eigenvalue weighted by Crippen LogP contribution is -2.10. The predicted molar refractivity (Wildman–Crippen MR) is 70.1 cm³/mol. The zero-order valence-corrected chi connectivity index (χ0v) is 11.4. The lowest BCUT2D eigenvalue weighted by atomic mass is 10.1. The van der Waals surface area contributed by atoms with Gasteiger partial charge in [0.2, 0.25) is 6.79 Å². The van der Waals surface area contributed by atoms with Gasteiger partial charge in [0.25, 0.3) is 0 Å². The average Bonchev–Trinajstić information content (AvgIpc) is 2.72. The fourth-order valence-electron chi connectivity index (χ4n) is 1.49. The molecule has 1 N–H and O–H groups in total. The monoisotopic (exact) mass is 298 g/mol. The van der Waals surface area contributed by atoms with Crippen LogP contribution in [-0.2, 0) is 0 Å². The Bertz CT molecular complexity index is 441. The molecule has 0 saturated carbocycles. The summed E-state index contributed by atoms with van der Waals surface area (Å²) in [5, 5.41) is 9.71. The van der Waals surface area contributed by atoms with Gasteiger partial charge in [-0.1, -0.05) is 41.9 Å². The number of rotatable bonds is 3. The van der Waals surface area contributed by atoms with Gasteiger partial charge in [-0.3, -0.25) is 0 Å². The third-order valence-electron chi connectivity index (χ3n) is 2.65. The van der Waals surface area contributed by atoms with Gasteiger partial charge < -0.3 is 14.6 Å². The molecule has 0 saturated heterocycles. The Morgan fingerprint density at radius 3 is 2.59 bits per heavy atom. The standard InChI is InChI=1S/C13H15BrO3/c1-8(2)11(15)4-3-9-5-12-13(6-10(9)14)17-7-16-12/h3-6,8,11,15H,7H2,1-2H3/b4-3+. The van der Waals surface area contributed by atoms with Gasteiger partial charge in [-0.05, 0) is 23.6 Å². The van der Waals surface area contributed by atoms with Crippen molar-refractivity contribution >= 4 is 22.0 Å². The van der Waals surface area contributed by atoms with E-state index in [1.54, 1.807) is 6.08 Å². The summed E-state index contributed by atoms with van der Waals surface area (Å²) in [5.74, 6) is 1.70. The van der Waals surface area contributed by atoms with Crippen molar-refractivity contribution in [2.45, 2.75) is 20.0 Å². The SMILES string of the molecule is CC(C)C(O)/C=C/c1cc2c(cc1Br)OCO2. The third kappa shape index (κ3) is 2.82. The van der Waals surface area contributed by atoms with Crippen LogP contribution in [0.15, 0.2) is 22.7 Å². The van der Waals surface area contributed by atoms with Crippen molar-refractivity contribution in [1.29, 1.82) is 0 Å². The smallest absolute Gasteiger partial charge is 0.231 e. The topological polar surface area (TPSA) is 38.7 Å². The molecular formula is C13H15BrO3. The molecule has 1 heterocycles. The van der Waals surface area contributed by atoms with Gasteiger partial charge in [0.15, 0.2) is 11.5 Å². The second-order valence-corrected chi connectivity index (χ2v) is 5.18. The highest BCUT2D eigenvalue weighted by Crippen LogP contribution is 2.37. The van der Waals surface area contributed by atoms with Gasteiger partial charge in [0.1, 0.15) is 0 Å². The zero-order valence-electron chi connectivity index (χ0n) is 9.81. The van der Waals surface area contributed by atoms with E-state index >= 15 is 0 Å². The summed E-state index contributed by atoms with van der Waals surface area (Å²) in [7, 11) is 0. The van der Waals surface area contributed by atoms with Crippen molar-refractivity contribution in [1.82, 2.24) is 0 Å². The summed E-state index contributed by atoms with van der Waals surface area (Å²) in [4.78, 5) is 0. The Morgan fingerprint density at radius 2 is 1.94 bits per heavy atom. The van der Waals surface area contributed by atoms with Crippen LogP contribution in [0.25, 0.3) is 6.08 Å². The van der Waals surface area contributed by atoms with E-state index in [1.807, 2.05) is 32.1 Å². The van der Waals surface area contributed by atoms with E-state index < -0.39 is 6.10 Å². The van der Waals surface area contributed by atoms with Crippen LogP contribution in [0.1, 0.15) is 19.4 Å². The molecule has 1 aromatic rings. The van der Waals surface area contributed by atoms with Crippen LogP contribution >= 0.6 is 15.9 Å². The number of hydrogen-bond acceptors (Lipinski definition) is 3. The number of halogens is 1. The van der Waals surface area contributed by atoms with Crippen LogP contribution in [0.2, 0.25) is 0 Å². The van der Waals surface area contributed by atoms with E-state index in [2.05, 4.69) is 15.9 Å². The summed E-state index contributed by atoms with van der Waals surface area (Å²) in [6.07, 6.45) is 3.23. The number of fused-ring (bicyclic) bond motifs is 1. The van der Waals surface area contributed by atoms with Crippen LogP contribution in [0.5, 0.6) is 11.5 Å². The van der Waals surface area contributed by atoms with E-state index in [0.717, 1.165) is 21.5 Å². The maximum absolute atomic E-state index is 9.71. The molecule has 1 aliphatic rings. The summed E-state index contributed by atoms with van der Waals surface area (Å²) in [6.45, 7) is 4.22. The first kappa shape index (κ1) is 12.5.